The Bertz CT molecular complexity index is 1300. The van der Waals surface area contributed by atoms with Crippen LogP contribution in [0.3, 0.4) is 0 Å². The number of ether oxygens (including phenoxy) is 1. The Labute approximate surface area is 302 Å². The number of carbonyl (C=O) groups is 2. The molecule has 0 bridgehead atoms. The van der Waals surface area contributed by atoms with Crippen molar-refractivity contribution < 1.29 is 77.2 Å². The summed E-state index contributed by atoms with van der Waals surface area (Å²) in [6.07, 6.45) is 0.358. The first-order valence-corrected chi connectivity index (χ1v) is 18.2. The van der Waals surface area contributed by atoms with Gasteiger partial charge in [-0.3, -0.25) is 9.59 Å². The summed E-state index contributed by atoms with van der Waals surface area (Å²) in [5, 5.41) is 9.15. The number of aliphatic hydroxyl groups excluding tert-OH is 1. The number of sulfonamides is 2. The monoisotopic (exact) mass is 751 g/mol. The van der Waals surface area contributed by atoms with Gasteiger partial charge in [-0.25, -0.2) is 16.8 Å². The maximum absolute atomic E-state index is 13.2. The molecular weight excluding hydrogens is 690 g/mol. The van der Waals surface area contributed by atoms with Gasteiger partial charge in [-0.2, -0.15) is 13.2 Å². The number of rotatable bonds is 15. The SMILES string of the molecule is C.C.C.C.C.C.CCC(C)(CC(C)(CC(C)c1ccc(S(=O)(=O)[N-]S(=O)(=O)C(F)(F)F)cc1)C(=O)OCCO)C(=O)O[Si](C)(C)OC.[Li+]. The van der Waals surface area contributed by atoms with Gasteiger partial charge in [-0.05, 0) is 69.8 Å². The van der Waals surface area contributed by atoms with Gasteiger partial charge < -0.3 is 22.8 Å². The summed E-state index contributed by atoms with van der Waals surface area (Å²) in [5.74, 6) is -1.74. The van der Waals surface area contributed by atoms with Gasteiger partial charge in [0.15, 0.2) is 10.0 Å². The van der Waals surface area contributed by atoms with E-state index in [2.05, 4.69) is 4.13 Å². The Balaban J connectivity index is -0.000000480. The Morgan fingerprint density at radius 1 is 0.917 bits per heavy atom. The predicted molar refractivity (Wildman–Crippen MR) is 185 cm³/mol. The maximum atomic E-state index is 13.2. The number of carbonyl (C=O) groups excluding carboxylic acids is 2. The molecule has 0 aliphatic heterocycles. The standard InChI is InChI=1S/C24H37F3NO10S2Si.6CH4.Li/c1-8-22(3,21(31)38-41(6,7)36-5)16-23(4,20(30)37-14-13-29)15-17(2)18-9-11-19(12-10-18)39(32,33)28-40(34,35)24(25,26)27;;;;;;;/h9-12,17,29H,8,13-16H2,1-7H3;6*1H4;/q-1;;;;;;;+1. The molecule has 1 N–H and O–H groups in total. The molecule has 0 aliphatic carbocycles. The molecule has 48 heavy (non-hydrogen) atoms. The largest absolute Gasteiger partial charge is 1.00 e. The molecular formula is C30H61F3LiNO10S2Si. The summed E-state index contributed by atoms with van der Waals surface area (Å²) in [7, 11) is -12.8. The molecule has 1 rings (SSSR count). The zero-order chi connectivity index (χ0) is 32.1. The maximum Gasteiger partial charge on any atom is 1.00 e. The van der Waals surface area contributed by atoms with Crippen LogP contribution in [0.4, 0.5) is 13.2 Å². The van der Waals surface area contributed by atoms with Crippen molar-refractivity contribution >= 4 is 40.5 Å². The van der Waals surface area contributed by atoms with Crippen molar-refractivity contribution in [2.45, 2.75) is 121 Å². The van der Waals surface area contributed by atoms with Gasteiger partial charge in [0.25, 0.3) is 5.97 Å². The summed E-state index contributed by atoms with van der Waals surface area (Å²) in [4.78, 5) is 25.6. The normalized spacial score (nSPS) is 14.3. The van der Waals surface area contributed by atoms with E-state index in [1.165, 1.54) is 19.2 Å². The van der Waals surface area contributed by atoms with Crippen LogP contribution in [0.2, 0.25) is 13.1 Å². The van der Waals surface area contributed by atoms with Crippen molar-refractivity contribution in [3.63, 3.8) is 0 Å². The van der Waals surface area contributed by atoms with Crippen LogP contribution < -0.4 is 18.9 Å². The number of nitrogens with zero attached hydrogens (tertiary/aromatic N) is 1. The molecule has 0 fully saturated rings. The molecule has 3 atom stereocenters. The van der Waals surface area contributed by atoms with E-state index in [9.17, 15) is 39.6 Å². The second-order valence-electron chi connectivity index (χ2n) is 10.6. The molecule has 0 radical (unpaired) electrons. The van der Waals surface area contributed by atoms with Gasteiger partial charge in [0.05, 0.1) is 17.4 Å². The van der Waals surface area contributed by atoms with Crippen LogP contribution in [0.1, 0.15) is 103 Å². The number of hydrogen-bond donors (Lipinski definition) is 1. The third kappa shape index (κ3) is 16.5. The van der Waals surface area contributed by atoms with Crippen molar-refractivity contribution in [2.75, 3.05) is 20.3 Å². The van der Waals surface area contributed by atoms with Crippen molar-refractivity contribution in [3.05, 3.63) is 34.0 Å². The quantitative estimate of drug-likeness (QED) is 0.187. The zero-order valence-electron chi connectivity index (χ0n) is 24.9. The summed E-state index contributed by atoms with van der Waals surface area (Å²) in [5.41, 5.74) is -7.88. The van der Waals surface area contributed by atoms with Gasteiger partial charge in [-0.1, -0.05) is 70.5 Å². The average molecular weight is 752 g/mol. The van der Waals surface area contributed by atoms with Gasteiger partial charge >= 0.3 is 38.9 Å². The number of alkyl halides is 3. The average Bonchev–Trinajstić information content (AvgIpc) is 2.85. The van der Waals surface area contributed by atoms with Gasteiger partial charge in [0.2, 0.25) is 0 Å². The van der Waals surface area contributed by atoms with Crippen molar-refractivity contribution in [2.24, 2.45) is 10.8 Å². The molecule has 1 aromatic rings. The van der Waals surface area contributed by atoms with E-state index in [-0.39, 0.29) is 82.9 Å². The molecule has 18 heteroatoms. The predicted octanol–water partition coefficient (Wildman–Crippen LogP) is 5.15. The number of aliphatic hydroxyl groups is 1. The number of halogens is 3. The van der Waals surface area contributed by atoms with Crippen LogP contribution in [0.5, 0.6) is 0 Å². The molecule has 3 unspecified atom stereocenters. The number of esters is 1. The van der Waals surface area contributed by atoms with Crippen molar-refractivity contribution in [3.8, 4) is 0 Å². The Morgan fingerprint density at radius 3 is 1.75 bits per heavy atom. The van der Waals surface area contributed by atoms with Crippen LogP contribution in [0.25, 0.3) is 4.13 Å². The summed E-state index contributed by atoms with van der Waals surface area (Å²) >= 11 is 0. The fraction of sp³-hybridized carbons (Fsp3) is 0.733. The first-order valence-electron chi connectivity index (χ1n) is 12.5. The van der Waals surface area contributed by atoms with Crippen molar-refractivity contribution in [1.82, 2.24) is 0 Å². The molecule has 0 amide bonds. The van der Waals surface area contributed by atoms with Crippen LogP contribution in [-0.4, -0.2) is 68.3 Å². The second-order valence-corrected chi connectivity index (χ2v) is 17.5. The number of benzene rings is 1. The van der Waals surface area contributed by atoms with Crippen LogP contribution >= 0.6 is 0 Å². The van der Waals surface area contributed by atoms with E-state index >= 15 is 0 Å². The van der Waals surface area contributed by atoms with E-state index < -0.39 is 74.3 Å². The fourth-order valence-electron chi connectivity index (χ4n) is 4.11. The molecule has 0 saturated carbocycles. The second kappa shape index (κ2) is 23.1. The smallest absolute Gasteiger partial charge is 0.494 e. The molecule has 0 heterocycles. The summed E-state index contributed by atoms with van der Waals surface area (Å²) < 4.78 is 103. The summed E-state index contributed by atoms with van der Waals surface area (Å²) in [6.45, 7) is 9.36. The minimum absolute atomic E-state index is 0. The van der Waals surface area contributed by atoms with Crippen LogP contribution in [0, 0.1) is 10.8 Å². The van der Waals surface area contributed by atoms with Crippen LogP contribution in [0.15, 0.2) is 29.2 Å². The van der Waals surface area contributed by atoms with E-state index in [4.69, 9.17) is 18.7 Å². The molecule has 0 aliphatic rings. The van der Waals surface area contributed by atoms with Gasteiger partial charge in [-0.15, -0.1) is 0 Å². The Kier molecular flexibility index (Phi) is 29.7. The Hall–Kier alpha value is -1.46. The molecule has 0 saturated heterocycles. The van der Waals surface area contributed by atoms with E-state index in [0.717, 1.165) is 12.1 Å². The van der Waals surface area contributed by atoms with E-state index in [1.807, 2.05) is 0 Å². The first-order chi connectivity index (χ1) is 18.5. The van der Waals surface area contributed by atoms with Gasteiger partial charge in [0.1, 0.15) is 16.6 Å². The van der Waals surface area contributed by atoms with E-state index in [1.54, 1.807) is 40.8 Å². The minimum atomic E-state index is -6.29. The minimum Gasteiger partial charge on any atom is -0.494 e. The van der Waals surface area contributed by atoms with Gasteiger partial charge in [0, 0.05) is 12.0 Å². The third-order valence-corrected chi connectivity index (χ3v) is 11.4. The number of hydrogen-bond acceptors (Lipinski definition) is 10. The molecule has 0 spiro atoms. The molecule has 284 valence electrons. The first kappa shape index (κ1) is 61.7. The van der Waals surface area contributed by atoms with Crippen LogP contribution in [-0.2, 0) is 43.2 Å². The van der Waals surface area contributed by atoms with Crippen molar-refractivity contribution in [1.29, 1.82) is 0 Å². The third-order valence-electron chi connectivity index (χ3n) is 6.69. The molecule has 0 aromatic heterocycles. The fourth-order valence-corrected chi connectivity index (χ4v) is 7.08. The molecule has 11 nitrogen and oxygen atoms in total. The molecule has 1 aromatic carbocycles. The van der Waals surface area contributed by atoms with E-state index in [0.29, 0.717) is 12.0 Å². The zero-order valence-corrected chi connectivity index (χ0v) is 27.6. The Morgan fingerprint density at radius 2 is 1.38 bits per heavy atom. The summed E-state index contributed by atoms with van der Waals surface area (Å²) in [6, 6.07) is 4.32. The topological polar surface area (TPSA) is 164 Å².